The number of tetrazole rings is 1. The SMILES string of the molecule is Cn1nnnc1SCC1=C(C(=O)O)N2C(=O)[C@@H](NC(=O)[C@H](O)c3ccccc3)[C@H]2SC1.[Na+]. The van der Waals surface area contributed by atoms with Crippen LogP contribution in [0.5, 0.6) is 0 Å². The van der Waals surface area contributed by atoms with Gasteiger partial charge in [0.2, 0.25) is 5.16 Å². The monoisotopic (exact) mass is 485 g/mol. The van der Waals surface area contributed by atoms with Gasteiger partial charge in [-0.15, -0.1) is 16.9 Å². The molecule has 162 valence electrons. The zero-order valence-electron chi connectivity index (χ0n) is 17.2. The molecule has 2 aromatic rings. The van der Waals surface area contributed by atoms with E-state index in [1.807, 2.05) is 0 Å². The third kappa shape index (κ3) is 4.72. The van der Waals surface area contributed by atoms with Crippen molar-refractivity contribution < 1.29 is 54.2 Å². The van der Waals surface area contributed by atoms with E-state index in [1.54, 1.807) is 37.4 Å². The van der Waals surface area contributed by atoms with E-state index < -0.39 is 35.3 Å². The number of thioether (sulfide) groups is 2. The minimum atomic E-state index is -1.42. The molecule has 0 spiro atoms. The van der Waals surface area contributed by atoms with Gasteiger partial charge in [0.05, 0.1) is 0 Å². The van der Waals surface area contributed by atoms with Gasteiger partial charge in [0.1, 0.15) is 17.1 Å². The van der Waals surface area contributed by atoms with Gasteiger partial charge in [-0.1, -0.05) is 42.1 Å². The molecule has 2 aliphatic heterocycles. The number of hydrogen-bond donors (Lipinski definition) is 3. The number of fused-ring (bicyclic) bond motifs is 1. The van der Waals surface area contributed by atoms with Gasteiger partial charge in [-0.25, -0.2) is 9.48 Å². The summed E-state index contributed by atoms with van der Waals surface area (Å²) in [5.74, 6) is -1.75. The van der Waals surface area contributed by atoms with Gasteiger partial charge in [-0.3, -0.25) is 14.5 Å². The number of nitrogens with zero attached hydrogens (tertiary/aromatic N) is 5. The quantitative estimate of drug-likeness (QED) is 0.208. The predicted molar refractivity (Wildman–Crippen MR) is 111 cm³/mol. The minimum absolute atomic E-state index is 0. The number of aromatic nitrogens is 4. The molecule has 0 aliphatic carbocycles. The molecule has 3 atom stereocenters. The molecule has 3 heterocycles. The molecule has 3 N–H and O–H groups in total. The maximum absolute atomic E-state index is 12.7. The Morgan fingerprint density at radius 1 is 1.34 bits per heavy atom. The van der Waals surface area contributed by atoms with Crippen LogP contribution in [0.1, 0.15) is 11.7 Å². The molecule has 2 aliphatic rings. The minimum Gasteiger partial charge on any atom is -0.477 e. The number of carboxylic acid groups (broad SMARTS) is 1. The first-order valence-electron chi connectivity index (χ1n) is 9.17. The molecule has 1 fully saturated rings. The van der Waals surface area contributed by atoms with Gasteiger partial charge in [0.15, 0.2) is 6.10 Å². The van der Waals surface area contributed by atoms with Gasteiger partial charge in [-0.05, 0) is 21.6 Å². The van der Waals surface area contributed by atoms with E-state index in [4.69, 9.17) is 0 Å². The van der Waals surface area contributed by atoms with E-state index in [2.05, 4.69) is 20.8 Å². The standard InChI is InChI=1S/C18H18N6O5S2.Na/c1-23-18(20-21-22-23)31-8-10-7-30-16-11(15(27)24(16)12(10)17(28)29)19-14(26)13(25)9-5-3-2-4-6-9;/h2-6,11,13,16,25H,7-8H2,1H3,(H,19,26)(H,28,29);/q;+1/t11-,13-,16-;/m1./s1. The number of benzene rings is 1. The smallest absolute Gasteiger partial charge is 0.477 e. The number of hydrogen-bond acceptors (Lipinski definition) is 9. The fourth-order valence-corrected chi connectivity index (χ4v) is 5.64. The van der Waals surface area contributed by atoms with Crippen LogP contribution >= 0.6 is 23.5 Å². The summed E-state index contributed by atoms with van der Waals surface area (Å²) < 4.78 is 1.48. The Balaban J connectivity index is 0.00000289. The van der Waals surface area contributed by atoms with Crippen molar-refractivity contribution in [2.24, 2.45) is 7.05 Å². The summed E-state index contributed by atoms with van der Waals surface area (Å²) in [6.45, 7) is 0. The van der Waals surface area contributed by atoms with E-state index in [-0.39, 0.29) is 35.3 Å². The number of carbonyl (C=O) groups is 3. The second kappa shape index (κ2) is 10.4. The van der Waals surface area contributed by atoms with Crippen molar-refractivity contribution >= 4 is 41.3 Å². The summed E-state index contributed by atoms with van der Waals surface area (Å²) in [7, 11) is 1.68. The molecule has 2 amide bonds. The largest absolute Gasteiger partial charge is 1.00 e. The molecule has 4 rings (SSSR count). The van der Waals surface area contributed by atoms with Crippen LogP contribution in [0.2, 0.25) is 0 Å². The number of aryl methyl sites for hydroxylation is 1. The number of β-lactam (4-membered cyclic amide) rings is 1. The summed E-state index contributed by atoms with van der Waals surface area (Å²) in [5, 5.41) is 33.6. The van der Waals surface area contributed by atoms with E-state index in [0.717, 1.165) is 0 Å². The van der Waals surface area contributed by atoms with Crippen molar-refractivity contribution in [3.8, 4) is 0 Å². The van der Waals surface area contributed by atoms with Crippen LogP contribution in [0.4, 0.5) is 0 Å². The molecule has 1 aromatic heterocycles. The van der Waals surface area contributed by atoms with E-state index in [9.17, 15) is 24.6 Å². The van der Waals surface area contributed by atoms with E-state index in [1.165, 1.54) is 33.1 Å². The Kier molecular flexibility index (Phi) is 8.01. The molecular formula is C18H18N6NaO5S2+. The average Bonchev–Trinajstić information content (AvgIpc) is 3.19. The second-order valence-electron chi connectivity index (χ2n) is 6.84. The number of aliphatic carboxylic acids is 1. The van der Waals surface area contributed by atoms with Gasteiger partial charge >= 0.3 is 35.5 Å². The number of nitrogens with one attached hydrogen (secondary N) is 1. The summed E-state index contributed by atoms with van der Waals surface area (Å²) in [4.78, 5) is 38.2. The molecular weight excluding hydrogens is 467 g/mol. The van der Waals surface area contributed by atoms with Gasteiger partial charge < -0.3 is 15.5 Å². The first kappa shape index (κ1) is 24.7. The maximum Gasteiger partial charge on any atom is 1.00 e. The first-order valence-corrected chi connectivity index (χ1v) is 11.2. The maximum atomic E-state index is 12.7. The zero-order chi connectivity index (χ0) is 22.1. The predicted octanol–water partition coefficient (Wildman–Crippen LogP) is -3.22. The van der Waals surface area contributed by atoms with Crippen molar-refractivity contribution in [1.29, 1.82) is 0 Å². The summed E-state index contributed by atoms with van der Waals surface area (Å²) in [6, 6.07) is 7.46. The van der Waals surface area contributed by atoms with Gasteiger partial charge in [0, 0.05) is 18.6 Å². The number of amides is 2. The van der Waals surface area contributed by atoms with Crippen molar-refractivity contribution in [1.82, 2.24) is 30.4 Å². The normalized spacial score (nSPS) is 20.7. The molecule has 11 nitrogen and oxygen atoms in total. The van der Waals surface area contributed by atoms with Crippen molar-refractivity contribution in [2.45, 2.75) is 22.7 Å². The summed E-state index contributed by atoms with van der Waals surface area (Å²) in [5.41, 5.74) is 0.901. The van der Waals surface area contributed by atoms with E-state index in [0.29, 0.717) is 27.8 Å². The van der Waals surface area contributed by atoms with Gasteiger partial charge in [-0.2, -0.15) is 0 Å². The van der Waals surface area contributed by atoms with E-state index >= 15 is 0 Å². The molecule has 14 heteroatoms. The molecule has 1 saturated heterocycles. The van der Waals surface area contributed by atoms with Crippen LogP contribution in [-0.4, -0.2) is 76.0 Å². The van der Waals surface area contributed by atoms with Gasteiger partial charge in [0.25, 0.3) is 11.8 Å². The third-order valence-corrected chi connectivity index (χ3v) is 7.30. The van der Waals surface area contributed by atoms with Crippen LogP contribution in [-0.2, 0) is 21.4 Å². The Bertz CT molecular complexity index is 1070. The first-order chi connectivity index (χ1) is 14.9. The number of aliphatic hydroxyl groups excluding tert-OH is 1. The molecule has 0 unspecified atom stereocenters. The fourth-order valence-electron chi connectivity index (χ4n) is 3.31. The number of carboxylic acids is 1. The average molecular weight is 486 g/mol. The Morgan fingerprint density at radius 3 is 2.69 bits per heavy atom. The third-order valence-electron chi connectivity index (χ3n) is 4.87. The zero-order valence-corrected chi connectivity index (χ0v) is 20.8. The van der Waals surface area contributed by atoms with Crippen molar-refractivity contribution in [2.75, 3.05) is 11.5 Å². The van der Waals surface area contributed by atoms with Crippen LogP contribution in [0.3, 0.4) is 0 Å². The number of carbonyl (C=O) groups excluding carboxylic acids is 2. The molecule has 32 heavy (non-hydrogen) atoms. The molecule has 0 saturated carbocycles. The van der Waals surface area contributed by atoms with Crippen LogP contribution in [0.25, 0.3) is 0 Å². The fraction of sp³-hybridized carbons (Fsp3) is 0.333. The Hall–Kier alpha value is -1.90. The summed E-state index contributed by atoms with van der Waals surface area (Å²) >= 11 is 2.64. The number of aliphatic hydroxyl groups is 1. The van der Waals surface area contributed by atoms with Crippen LogP contribution in [0.15, 0.2) is 46.8 Å². The summed E-state index contributed by atoms with van der Waals surface area (Å²) in [6.07, 6.45) is -1.42. The Labute approximate surface area is 213 Å². The van der Waals surface area contributed by atoms with Crippen molar-refractivity contribution in [3.63, 3.8) is 0 Å². The van der Waals surface area contributed by atoms with Crippen LogP contribution < -0.4 is 34.9 Å². The molecule has 1 aromatic carbocycles. The van der Waals surface area contributed by atoms with Crippen molar-refractivity contribution in [3.05, 3.63) is 47.2 Å². The Morgan fingerprint density at radius 2 is 2.06 bits per heavy atom. The second-order valence-corrected chi connectivity index (χ2v) is 8.89. The molecule has 0 bridgehead atoms. The molecule has 0 radical (unpaired) electrons. The number of rotatable bonds is 7. The topological polar surface area (TPSA) is 151 Å². The van der Waals surface area contributed by atoms with Crippen LogP contribution in [0, 0.1) is 0 Å².